The lowest BCUT2D eigenvalue weighted by Gasteiger charge is -2.30. The summed E-state index contributed by atoms with van der Waals surface area (Å²) < 4.78 is 11.5. The Balaban J connectivity index is 1.46. The Bertz CT molecular complexity index is 1100. The molecule has 0 spiro atoms. The molecule has 35 heavy (non-hydrogen) atoms. The van der Waals surface area contributed by atoms with Crippen molar-refractivity contribution < 1.29 is 14.1 Å². The molecule has 0 atom stereocenters. The molecule has 7 nitrogen and oxygen atoms in total. The smallest absolute Gasteiger partial charge is 0.254 e. The van der Waals surface area contributed by atoms with Crippen molar-refractivity contribution >= 4 is 11.8 Å². The Labute approximate surface area is 207 Å². The molecule has 2 aromatic carbocycles. The Kier molecular flexibility index (Phi) is 7.45. The molecule has 0 saturated carbocycles. The van der Waals surface area contributed by atoms with Gasteiger partial charge >= 0.3 is 0 Å². The van der Waals surface area contributed by atoms with E-state index in [9.17, 15) is 4.79 Å². The van der Waals surface area contributed by atoms with E-state index in [4.69, 9.17) is 9.26 Å². The van der Waals surface area contributed by atoms with Crippen molar-refractivity contribution in [3.63, 3.8) is 0 Å². The minimum Gasteiger partial charge on any atom is -0.379 e. The number of aromatic nitrogens is 1. The van der Waals surface area contributed by atoms with Gasteiger partial charge < -0.3 is 19.1 Å². The number of carbonyl (C=O) groups is 1. The van der Waals surface area contributed by atoms with Gasteiger partial charge in [0.05, 0.1) is 25.3 Å². The zero-order valence-corrected chi connectivity index (χ0v) is 20.5. The second kappa shape index (κ2) is 11.1. The molecule has 1 aromatic heterocycles. The van der Waals surface area contributed by atoms with E-state index in [1.165, 1.54) is 0 Å². The van der Waals surface area contributed by atoms with Crippen LogP contribution in [0.15, 0.2) is 59.1 Å². The lowest BCUT2D eigenvalue weighted by molar-refractivity contribution is 0.0320. The van der Waals surface area contributed by atoms with Gasteiger partial charge in [-0.3, -0.25) is 9.69 Å². The summed E-state index contributed by atoms with van der Waals surface area (Å²) in [6.07, 6.45) is 2.29. The Morgan fingerprint density at radius 2 is 1.69 bits per heavy atom. The van der Waals surface area contributed by atoms with Crippen molar-refractivity contribution in [2.24, 2.45) is 0 Å². The van der Waals surface area contributed by atoms with E-state index in [0.717, 1.165) is 87.0 Å². The minimum absolute atomic E-state index is 0.0332. The lowest BCUT2D eigenvalue weighted by Crippen LogP contribution is -2.43. The quantitative estimate of drug-likeness (QED) is 0.487. The predicted octanol–water partition coefficient (Wildman–Crippen LogP) is 4.22. The Morgan fingerprint density at radius 1 is 0.971 bits per heavy atom. The molecule has 1 amide bonds. The van der Waals surface area contributed by atoms with Crippen LogP contribution in [0.2, 0.25) is 0 Å². The third-order valence-corrected chi connectivity index (χ3v) is 6.93. The van der Waals surface area contributed by atoms with Crippen LogP contribution in [0.4, 0.5) is 5.88 Å². The van der Waals surface area contributed by atoms with Crippen LogP contribution < -0.4 is 4.90 Å². The molecule has 5 rings (SSSR count). The lowest BCUT2D eigenvalue weighted by atomic mass is 10.1. The van der Waals surface area contributed by atoms with Gasteiger partial charge in [-0.25, -0.2) is 0 Å². The maximum atomic E-state index is 13.8. The van der Waals surface area contributed by atoms with Gasteiger partial charge in [0, 0.05) is 50.4 Å². The normalized spacial score (nSPS) is 16.5. The Morgan fingerprint density at radius 3 is 2.40 bits per heavy atom. The van der Waals surface area contributed by atoms with Crippen molar-refractivity contribution in [3.05, 3.63) is 71.3 Å². The zero-order valence-electron chi connectivity index (χ0n) is 20.5. The summed E-state index contributed by atoms with van der Waals surface area (Å²) >= 11 is 0. The number of ether oxygens (including phenoxy) is 1. The summed E-state index contributed by atoms with van der Waals surface area (Å²) in [5.74, 6) is 0.834. The molecule has 0 aliphatic carbocycles. The number of hydrogen-bond acceptors (Lipinski definition) is 6. The maximum absolute atomic E-state index is 13.8. The number of carbonyl (C=O) groups excluding carboxylic acids is 1. The van der Waals surface area contributed by atoms with E-state index < -0.39 is 0 Å². The van der Waals surface area contributed by atoms with Gasteiger partial charge in [0.15, 0.2) is 0 Å². The van der Waals surface area contributed by atoms with Crippen LogP contribution in [0.1, 0.15) is 34.3 Å². The fourth-order valence-electron chi connectivity index (χ4n) is 4.84. The van der Waals surface area contributed by atoms with Crippen molar-refractivity contribution in [3.8, 4) is 11.3 Å². The van der Waals surface area contributed by atoms with E-state index >= 15 is 0 Å². The van der Waals surface area contributed by atoms with Gasteiger partial charge in [-0.2, -0.15) is 0 Å². The first-order chi connectivity index (χ1) is 17.2. The fraction of sp³-hybridized carbons (Fsp3) is 0.429. The second-order valence-corrected chi connectivity index (χ2v) is 9.42. The molecule has 2 aliphatic rings. The van der Waals surface area contributed by atoms with Gasteiger partial charge in [0.2, 0.25) is 5.88 Å². The van der Waals surface area contributed by atoms with Crippen LogP contribution in [0, 0.1) is 6.92 Å². The first-order valence-electron chi connectivity index (χ1n) is 12.6. The SMILES string of the molecule is Cc1ccc(C(=O)N(CCN2CCOCC2)Cc2c(-c3ccccc3)noc2N2CCCC2)cc1. The van der Waals surface area contributed by atoms with Crippen molar-refractivity contribution in [2.45, 2.75) is 26.3 Å². The molecule has 2 saturated heterocycles. The van der Waals surface area contributed by atoms with E-state index in [1.807, 2.05) is 54.3 Å². The number of rotatable bonds is 8. The highest BCUT2D eigenvalue weighted by Crippen LogP contribution is 2.34. The molecular weight excluding hydrogens is 440 g/mol. The third-order valence-electron chi connectivity index (χ3n) is 6.93. The van der Waals surface area contributed by atoms with Crippen LogP contribution >= 0.6 is 0 Å². The van der Waals surface area contributed by atoms with Crippen molar-refractivity contribution in [1.82, 2.24) is 15.0 Å². The van der Waals surface area contributed by atoms with E-state index in [0.29, 0.717) is 18.7 Å². The fourth-order valence-corrected chi connectivity index (χ4v) is 4.84. The summed E-state index contributed by atoms with van der Waals surface area (Å²) in [6.45, 7) is 9.13. The largest absolute Gasteiger partial charge is 0.379 e. The van der Waals surface area contributed by atoms with E-state index in [1.54, 1.807) is 0 Å². The summed E-state index contributed by atoms with van der Waals surface area (Å²) in [4.78, 5) is 20.3. The monoisotopic (exact) mass is 474 g/mol. The summed E-state index contributed by atoms with van der Waals surface area (Å²) in [6, 6.07) is 18.0. The maximum Gasteiger partial charge on any atom is 0.254 e. The molecule has 0 radical (unpaired) electrons. The number of morpholine rings is 1. The number of hydrogen-bond donors (Lipinski definition) is 0. The number of aryl methyl sites for hydroxylation is 1. The van der Waals surface area contributed by atoms with Gasteiger partial charge in [-0.05, 0) is 31.9 Å². The first-order valence-corrected chi connectivity index (χ1v) is 12.6. The molecule has 0 unspecified atom stereocenters. The highest BCUT2D eigenvalue weighted by molar-refractivity contribution is 5.94. The third kappa shape index (κ3) is 5.57. The van der Waals surface area contributed by atoms with Crippen LogP contribution in [-0.2, 0) is 11.3 Å². The first kappa shape index (κ1) is 23.6. The average molecular weight is 475 g/mol. The second-order valence-electron chi connectivity index (χ2n) is 9.42. The minimum atomic E-state index is 0.0332. The number of amides is 1. The molecule has 2 aliphatic heterocycles. The molecule has 2 fully saturated rings. The van der Waals surface area contributed by atoms with E-state index in [-0.39, 0.29) is 5.91 Å². The van der Waals surface area contributed by atoms with Crippen molar-refractivity contribution in [1.29, 1.82) is 0 Å². The summed E-state index contributed by atoms with van der Waals surface area (Å²) in [5, 5.41) is 4.50. The number of nitrogens with zero attached hydrogens (tertiary/aromatic N) is 4. The molecule has 0 N–H and O–H groups in total. The highest BCUT2D eigenvalue weighted by atomic mass is 16.5. The van der Waals surface area contributed by atoms with Crippen LogP contribution in [0.5, 0.6) is 0 Å². The molecular formula is C28H34N4O3. The van der Waals surface area contributed by atoms with E-state index in [2.05, 4.69) is 27.1 Å². The standard InChI is InChI=1S/C28H34N4O3/c1-22-9-11-24(12-10-22)27(33)32(16-15-30-17-19-34-20-18-30)21-25-26(23-7-3-2-4-8-23)29-35-28(25)31-13-5-6-14-31/h2-4,7-12H,5-6,13-21H2,1H3. The molecule has 3 heterocycles. The average Bonchev–Trinajstić information content (AvgIpc) is 3.58. The van der Waals surface area contributed by atoms with Crippen LogP contribution in [0.3, 0.4) is 0 Å². The topological polar surface area (TPSA) is 62.1 Å². The highest BCUT2D eigenvalue weighted by Gasteiger charge is 2.28. The summed E-state index contributed by atoms with van der Waals surface area (Å²) in [5.41, 5.74) is 4.66. The zero-order chi connectivity index (χ0) is 24.0. The molecule has 3 aromatic rings. The Hall–Kier alpha value is -3.16. The summed E-state index contributed by atoms with van der Waals surface area (Å²) in [7, 11) is 0. The van der Waals surface area contributed by atoms with Gasteiger partial charge in [-0.15, -0.1) is 0 Å². The predicted molar refractivity (Wildman–Crippen MR) is 137 cm³/mol. The van der Waals surface area contributed by atoms with Gasteiger partial charge in [0.25, 0.3) is 5.91 Å². The van der Waals surface area contributed by atoms with Crippen molar-refractivity contribution in [2.75, 3.05) is 57.4 Å². The van der Waals surface area contributed by atoms with Gasteiger partial charge in [0.1, 0.15) is 5.69 Å². The number of anilines is 1. The van der Waals surface area contributed by atoms with Crippen LogP contribution in [0.25, 0.3) is 11.3 Å². The molecule has 7 heteroatoms. The number of benzene rings is 2. The molecule has 0 bridgehead atoms. The van der Waals surface area contributed by atoms with Crippen LogP contribution in [-0.4, -0.2) is 73.3 Å². The molecule has 184 valence electrons. The van der Waals surface area contributed by atoms with Gasteiger partial charge in [-0.1, -0.05) is 53.2 Å².